The maximum Gasteiger partial charge on any atom is 0.350 e. The molecule has 0 aliphatic carbocycles. The molecule has 0 saturated carbocycles. The Morgan fingerprint density at radius 3 is 3.05 bits per heavy atom. The minimum absolute atomic E-state index is 0.243. The summed E-state index contributed by atoms with van der Waals surface area (Å²) in [7, 11) is 0. The van der Waals surface area contributed by atoms with Crippen molar-refractivity contribution >= 4 is 11.8 Å². The van der Waals surface area contributed by atoms with Gasteiger partial charge in [-0.05, 0) is 12.5 Å². The van der Waals surface area contributed by atoms with E-state index in [-0.39, 0.29) is 13.0 Å². The Morgan fingerprint density at radius 1 is 1.67 bits per heavy atom. The summed E-state index contributed by atoms with van der Waals surface area (Å²) < 4.78 is 6.79. The van der Waals surface area contributed by atoms with Crippen molar-refractivity contribution in [1.82, 2.24) is 9.55 Å². The van der Waals surface area contributed by atoms with E-state index >= 15 is 0 Å². The summed E-state index contributed by atoms with van der Waals surface area (Å²) in [5.74, 6) is 0.582. The van der Waals surface area contributed by atoms with Crippen LogP contribution in [0.2, 0.25) is 0 Å². The molecule has 0 amide bonds. The van der Waals surface area contributed by atoms with Gasteiger partial charge in [-0.25, -0.2) is 4.79 Å². The number of aliphatic hydroxyl groups is 2. The molecule has 3 atom stereocenters. The number of thioether (sulfide) groups is 1. The van der Waals surface area contributed by atoms with E-state index in [0.717, 1.165) is 5.56 Å². The second kappa shape index (κ2) is 7.04. The summed E-state index contributed by atoms with van der Waals surface area (Å²) in [6.07, 6.45) is 0.192. The third-order valence-electron chi connectivity index (χ3n) is 3.24. The van der Waals surface area contributed by atoms with Crippen LogP contribution in [-0.2, 0) is 4.74 Å². The van der Waals surface area contributed by atoms with E-state index in [4.69, 9.17) is 15.1 Å². The van der Waals surface area contributed by atoms with Crippen molar-refractivity contribution in [1.29, 1.82) is 5.26 Å². The molecule has 1 fully saturated rings. The standard InChI is InChI=1S/C13H17N3O4S/c1-8-6-16(11-5-9(18)10(7-17)20-11)13(19)15-12(8)21-4-2-3-14/h6,9-11,17-18H,2,4-5,7H2,1H3/t9-,10+,11+/m0/s1. The lowest BCUT2D eigenvalue weighted by atomic mass is 10.2. The summed E-state index contributed by atoms with van der Waals surface area (Å²) in [4.78, 5) is 16.1. The highest BCUT2D eigenvalue weighted by Crippen LogP contribution is 2.28. The molecule has 0 aromatic carbocycles. The normalized spacial score (nSPS) is 25.0. The van der Waals surface area contributed by atoms with Gasteiger partial charge in [-0.1, -0.05) is 0 Å². The monoisotopic (exact) mass is 311 g/mol. The average molecular weight is 311 g/mol. The first-order valence-electron chi connectivity index (χ1n) is 6.60. The second-order valence-electron chi connectivity index (χ2n) is 4.79. The zero-order valence-electron chi connectivity index (χ0n) is 11.6. The van der Waals surface area contributed by atoms with Gasteiger partial charge in [0.25, 0.3) is 0 Å². The molecule has 1 aliphatic rings. The molecule has 2 heterocycles. The number of rotatable bonds is 5. The summed E-state index contributed by atoms with van der Waals surface area (Å²) in [5.41, 5.74) is 0.346. The highest BCUT2D eigenvalue weighted by Gasteiger charge is 2.35. The summed E-state index contributed by atoms with van der Waals surface area (Å²) in [5, 5.41) is 27.9. The van der Waals surface area contributed by atoms with Gasteiger partial charge in [0.15, 0.2) is 0 Å². The lowest BCUT2D eigenvalue weighted by Gasteiger charge is -2.15. The zero-order valence-corrected chi connectivity index (χ0v) is 12.4. The molecule has 1 aromatic rings. The number of aliphatic hydroxyl groups excluding tert-OH is 2. The van der Waals surface area contributed by atoms with Gasteiger partial charge in [0, 0.05) is 24.8 Å². The van der Waals surface area contributed by atoms with Crippen molar-refractivity contribution in [2.45, 2.75) is 43.2 Å². The van der Waals surface area contributed by atoms with E-state index in [2.05, 4.69) is 4.98 Å². The number of hydrogen-bond acceptors (Lipinski definition) is 7. The Balaban J connectivity index is 2.17. The Hall–Kier alpha value is -1.40. The zero-order chi connectivity index (χ0) is 15.4. The van der Waals surface area contributed by atoms with E-state index in [9.17, 15) is 9.90 Å². The molecule has 0 bridgehead atoms. The Bertz CT molecular complexity index is 598. The topological polar surface area (TPSA) is 108 Å². The van der Waals surface area contributed by atoms with E-state index < -0.39 is 24.1 Å². The molecule has 1 aromatic heterocycles. The molecule has 8 heteroatoms. The SMILES string of the molecule is Cc1cn([C@H]2C[C@H](O)[C@@H](CO)O2)c(=O)nc1SCCC#N. The number of ether oxygens (including phenoxy) is 1. The maximum absolute atomic E-state index is 12.1. The fraction of sp³-hybridized carbons (Fsp3) is 0.615. The second-order valence-corrected chi connectivity index (χ2v) is 5.87. The van der Waals surface area contributed by atoms with Gasteiger partial charge < -0.3 is 14.9 Å². The van der Waals surface area contributed by atoms with E-state index in [0.29, 0.717) is 17.2 Å². The number of hydrogen-bond donors (Lipinski definition) is 2. The quantitative estimate of drug-likeness (QED) is 0.454. The first-order valence-corrected chi connectivity index (χ1v) is 7.59. The van der Waals surface area contributed by atoms with Crippen LogP contribution in [0.15, 0.2) is 16.0 Å². The van der Waals surface area contributed by atoms with Gasteiger partial charge in [-0.2, -0.15) is 10.2 Å². The van der Waals surface area contributed by atoms with E-state index in [1.54, 1.807) is 6.20 Å². The van der Waals surface area contributed by atoms with Crippen molar-refractivity contribution in [2.24, 2.45) is 0 Å². The van der Waals surface area contributed by atoms with Crippen LogP contribution in [0, 0.1) is 18.3 Å². The van der Waals surface area contributed by atoms with Crippen molar-refractivity contribution in [3.63, 3.8) is 0 Å². The Labute approximate surface area is 126 Å². The van der Waals surface area contributed by atoms with E-state index in [1.165, 1.54) is 16.3 Å². The number of aryl methyl sites for hydroxylation is 1. The number of nitrogens with zero attached hydrogens (tertiary/aromatic N) is 3. The Kier molecular flexibility index (Phi) is 5.36. The van der Waals surface area contributed by atoms with Crippen LogP contribution < -0.4 is 5.69 Å². The van der Waals surface area contributed by atoms with Crippen LogP contribution in [0.25, 0.3) is 0 Å². The fourth-order valence-corrected chi connectivity index (χ4v) is 2.96. The summed E-state index contributed by atoms with van der Waals surface area (Å²) in [6, 6.07) is 2.04. The van der Waals surface area contributed by atoms with Crippen LogP contribution in [0.3, 0.4) is 0 Å². The van der Waals surface area contributed by atoms with Gasteiger partial charge in [0.05, 0.1) is 18.8 Å². The van der Waals surface area contributed by atoms with Crippen LogP contribution >= 0.6 is 11.8 Å². The van der Waals surface area contributed by atoms with E-state index in [1.807, 2.05) is 13.0 Å². The van der Waals surface area contributed by atoms with Crippen molar-refractivity contribution in [3.8, 4) is 6.07 Å². The van der Waals surface area contributed by atoms with Gasteiger partial charge in [-0.15, -0.1) is 11.8 Å². The highest BCUT2D eigenvalue weighted by molar-refractivity contribution is 7.99. The number of nitriles is 1. The molecular weight excluding hydrogens is 294 g/mol. The summed E-state index contributed by atoms with van der Waals surface area (Å²) in [6.45, 7) is 1.54. The van der Waals surface area contributed by atoms with Gasteiger partial charge >= 0.3 is 5.69 Å². The third-order valence-corrected chi connectivity index (χ3v) is 4.33. The van der Waals surface area contributed by atoms with Crippen LogP contribution in [0.5, 0.6) is 0 Å². The largest absolute Gasteiger partial charge is 0.394 e. The molecule has 2 N–H and O–H groups in total. The molecule has 1 aliphatic heterocycles. The minimum atomic E-state index is -0.795. The molecule has 114 valence electrons. The lowest BCUT2D eigenvalue weighted by molar-refractivity contribution is -0.0460. The van der Waals surface area contributed by atoms with Gasteiger partial charge in [0.2, 0.25) is 0 Å². The predicted octanol–water partition coefficient (Wildman–Crippen LogP) is 0.198. The van der Waals surface area contributed by atoms with Crippen molar-refractivity contribution in [3.05, 3.63) is 22.2 Å². The molecule has 1 saturated heterocycles. The van der Waals surface area contributed by atoms with Crippen molar-refractivity contribution in [2.75, 3.05) is 12.4 Å². The molecule has 21 heavy (non-hydrogen) atoms. The maximum atomic E-state index is 12.1. The molecule has 0 radical (unpaired) electrons. The molecule has 2 rings (SSSR count). The van der Waals surface area contributed by atoms with Crippen LogP contribution in [-0.4, -0.2) is 44.3 Å². The minimum Gasteiger partial charge on any atom is -0.394 e. The fourth-order valence-electron chi connectivity index (χ4n) is 2.15. The Morgan fingerprint density at radius 2 is 2.43 bits per heavy atom. The third kappa shape index (κ3) is 3.63. The van der Waals surface area contributed by atoms with Crippen LogP contribution in [0.4, 0.5) is 0 Å². The number of aromatic nitrogens is 2. The van der Waals surface area contributed by atoms with Crippen molar-refractivity contribution < 1.29 is 14.9 Å². The molecule has 0 unspecified atom stereocenters. The molecular formula is C13H17N3O4S. The average Bonchev–Trinajstić information content (AvgIpc) is 2.83. The molecule has 7 nitrogen and oxygen atoms in total. The molecule has 0 spiro atoms. The van der Waals surface area contributed by atoms with Crippen LogP contribution in [0.1, 0.15) is 24.6 Å². The predicted molar refractivity (Wildman–Crippen MR) is 75.8 cm³/mol. The van der Waals surface area contributed by atoms with Gasteiger partial charge in [0.1, 0.15) is 17.4 Å². The smallest absolute Gasteiger partial charge is 0.350 e. The first kappa shape index (κ1) is 16.0. The first-order chi connectivity index (χ1) is 10.1. The van der Waals surface area contributed by atoms with Gasteiger partial charge in [-0.3, -0.25) is 4.57 Å². The lowest BCUT2D eigenvalue weighted by Crippen LogP contribution is -2.28. The summed E-state index contributed by atoms with van der Waals surface area (Å²) >= 11 is 1.37. The highest BCUT2D eigenvalue weighted by atomic mass is 32.2.